The zero-order chi connectivity index (χ0) is 14.9. The quantitative estimate of drug-likeness (QED) is 0.804. The summed E-state index contributed by atoms with van der Waals surface area (Å²) in [5, 5.41) is 9.18. The maximum Gasteiger partial charge on any atom is 0.138 e. The maximum atomic E-state index is 5.96. The van der Waals surface area contributed by atoms with Crippen LogP contribution in [0.25, 0.3) is 11.0 Å². The van der Waals surface area contributed by atoms with Crippen molar-refractivity contribution in [2.75, 3.05) is 0 Å². The summed E-state index contributed by atoms with van der Waals surface area (Å²) in [5.41, 5.74) is 2.28. The topological polar surface area (TPSA) is 55.9 Å². The Balaban J connectivity index is 1.52. The van der Waals surface area contributed by atoms with E-state index in [9.17, 15) is 0 Å². The Hall–Kier alpha value is -2.14. The smallest absolute Gasteiger partial charge is 0.138 e. The summed E-state index contributed by atoms with van der Waals surface area (Å²) >= 11 is 0. The summed E-state index contributed by atoms with van der Waals surface area (Å²) < 4.78 is 7.97. The minimum Gasteiger partial charge on any atom is -0.461 e. The Kier molecular flexibility index (Phi) is 3.42. The molecule has 0 aliphatic carbocycles. The second-order valence-corrected chi connectivity index (χ2v) is 5.83. The number of hydrogen-bond acceptors (Lipinski definition) is 4. The number of aryl methyl sites for hydroxylation is 2. The Bertz CT molecular complexity index is 789. The van der Waals surface area contributed by atoms with Gasteiger partial charge < -0.3 is 9.73 Å². The molecule has 0 saturated carbocycles. The molecule has 114 valence electrons. The summed E-state index contributed by atoms with van der Waals surface area (Å²) in [5.74, 6) is 2.19. The molecule has 0 bridgehead atoms. The van der Waals surface area contributed by atoms with Crippen LogP contribution < -0.4 is 5.32 Å². The van der Waals surface area contributed by atoms with Gasteiger partial charge >= 0.3 is 0 Å². The molecular formula is C17H20N4O. The highest BCUT2D eigenvalue weighted by atomic mass is 16.3. The van der Waals surface area contributed by atoms with Crippen molar-refractivity contribution >= 4 is 11.0 Å². The fraction of sp³-hybridized carbons (Fsp3) is 0.412. The minimum absolute atomic E-state index is 0.438. The fourth-order valence-electron chi connectivity index (χ4n) is 3.28. The highest BCUT2D eigenvalue weighted by Gasteiger charge is 2.20. The van der Waals surface area contributed by atoms with Crippen molar-refractivity contribution in [1.29, 1.82) is 0 Å². The van der Waals surface area contributed by atoms with Gasteiger partial charge in [-0.25, -0.2) is 9.67 Å². The zero-order valence-electron chi connectivity index (χ0n) is 12.7. The van der Waals surface area contributed by atoms with E-state index in [1.165, 1.54) is 10.9 Å². The van der Waals surface area contributed by atoms with E-state index in [0.717, 1.165) is 49.5 Å². The zero-order valence-corrected chi connectivity index (χ0v) is 12.7. The van der Waals surface area contributed by atoms with Gasteiger partial charge in [0.15, 0.2) is 0 Å². The summed E-state index contributed by atoms with van der Waals surface area (Å²) in [6.45, 7) is 3.88. The first-order chi connectivity index (χ1) is 10.8. The van der Waals surface area contributed by atoms with Crippen LogP contribution in [0.2, 0.25) is 0 Å². The van der Waals surface area contributed by atoms with Gasteiger partial charge in [0.1, 0.15) is 23.5 Å². The summed E-state index contributed by atoms with van der Waals surface area (Å²) in [6.07, 6.45) is 4.67. The van der Waals surface area contributed by atoms with Crippen molar-refractivity contribution < 1.29 is 4.42 Å². The number of nitrogens with one attached hydrogen (secondary N) is 1. The van der Waals surface area contributed by atoms with E-state index in [1.807, 2.05) is 16.8 Å². The molecule has 3 aromatic rings. The number of hydrogen-bond donors (Lipinski definition) is 1. The lowest BCUT2D eigenvalue weighted by Crippen LogP contribution is -2.37. The van der Waals surface area contributed by atoms with Gasteiger partial charge in [0.05, 0.1) is 6.54 Å². The van der Waals surface area contributed by atoms with Crippen LogP contribution in [-0.4, -0.2) is 20.8 Å². The van der Waals surface area contributed by atoms with E-state index in [0.29, 0.717) is 6.04 Å². The second kappa shape index (κ2) is 5.57. The summed E-state index contributed by atoms with van der Waals surface area (Å²) in [4.78, 5) is 4.28. The number of para-hydroxylation sites is 1. The van der Waals surface area contributed by atoms with Crippen molar-refractivity contribution in [3.05, 3.63) is 47.7 Å². The van der Waals surface area contributed by atoms with Gasteiger partial charge in [0, 0.05) is 36.4 Å². The Morgan fingerprint density at radius 1 is 1.36 bits per heavy atom. The van der Waals surface area contributed by atoms with Crippen LogP contribution >= 0.6 is 0 Å². The summed E-state index contributed by atoms with van der Waals surface area (Å²) in [6, 6.07) is 8.72. The molecule has 1 N–H and O–H groups in total. The average Bonchev–Trinajstić information content (AvgIpc) is 3.16. The lowest BCUT2D eigenvalue weighted by Gasteiger charge is -2.23. The van der Waals surface area contributed by atoms with Crippen LogP contribution in [0.5, 0.6) is 0 Å². The third-order valence-electron chi connectivity index (χ3n) is 4.48. The molecule has 0 amide bonds. The molecule has 1 aliphatic heterocycles. The van der Waals surface area contributed by atoms with Gasteiger partial charge in [-0.15, -0.1) is 0 Å². The van der Waals surface area contributed by atoms with Crippen molar-refractivity contribution in [1.82, 2.24) is 20.1 Å². The van der Waals surface area contributed by atoms with E-state index < -0.39 is 0 Å². The lowest BCUT2D eigenvalue weighted by atomic mass is 10.1. The van der Waals surface area contributed by atoms with Crippen molar-refractivity contribution in [2.24, 2.45) is 0 Å². The molecule has 1 atom stereocenters. The molecule has 0 radical (unpaired) electrons. The van der Waals surface area contributed by atoms with Crippen LogP contribution in [0.15, 0.2) is 35.0 Å². The van der Waals surface area contributed by atoms with Crippen LogP contribution in [-0.2, 0) is 25.9 Å². The molecule has 0 spiro atoms. The Labute approximate surface area is 129 Å². The number of aromatic nitrogens is 3. The summed E-state index contributed by atoms with van der Waals surface area (Å²) in [7, 11) is 0. The standard InChI is InChI=1S/C17H20N4O/c1-2-15-14(13-5-3-4-6-16(13)22-15)9-18-12-7-8-17-19-11-20-21(17)10-12/h3-6,11-12,18H,2,7-10H2,1H3/t12-/m1/s1. The van der Waals surface area contributed by atoms with Gasteiger partial charge in [-0.1, -0.05) is 25.1 Å². The fourth-order valence-corrected chi connectivity index (χ4v) is 3.28. The SMILES string of the molecule is CCc1oc2ccccc2c1CN[C@@H]1CCc2ncnn2C1. The van der Waals surface area contributed by atoms with Gasteiger partial charge in [0.2, 0.25) is 0 Å². The van der Waals surface area contributed by atoms with Crippen LogP contribution in [0.3, 0.4) is 0 Å². The number of furan rings is 1. The molecule has 5 nitrogen and oxygen atoms in total. The third-order valence-corrected chi connectivity index (χ3v) is 4.48. The van der Waals surface area contributed by atoms with Gasteiger partial charge in [0.25, 0.3) is 0 Å². The normalized spacial score (nSPS) is 17.8. The lowest BCUT2D eigenvalue weighted by molar-refractivity contribution is 0.357. The van der Waals surface area contributed by atoms with Gasteiger partial charge in [-0.2, -0.15) is 5.10 Å². The Morgan fingerprint density at radius 3 is 3.18 bits per heavy atom. The molecule has 4 rings (SSSR count). The largest absolute Gasteiger partial charge is 0.461 e. The van der Waals surface area contributed by atoms with Gasteiger partial charge in [-0.3, -0.25) is 0 Å². The number of benzene rings is 1. The Morgan fingerprint density at radius 2 is 2.27 bits per heavy atom. The van der Waals surface area contributed by atoms with E-state index in [-0.39, 0.29) is 0 Å². The van der Waals surface area contributed by atoms with E-state index in [2.05, 4.69) is 34.5 Å². The molecule has 22 heavy (non-hydrogen) atoms. The second-order valence-electron chi connectivity index (χ2n) is 5.83. The first kappa shape index (κ1) is 13.5. The van der Waals surface area contributed by atoms with E-state index >= 15 is 0 Å². The third kappa shape index (κ3) is 2.31. The number of nitrogens with zero attached hydrogens (tertiary/aromatic N) is 3. The molecule has 0 saturated heterocycles. The number of fused-ring (bicyclic) bond motifs is 2. The molecular weight excluding hydrogens is 276 g/mol. The first-order valence-electron chi connectivity index (χ1n) is 7.94. The predicted octanol–water partition coefficient (Wildman–Crippen LogP) is 2.69. The average molecular weight is 296 g/mol. The van der Waals surface area contributed by atoms with E-state index in [4.69, 9.17) is 4.42 Å². The van der Waals surface area contributed by atoms with Crippen molar-refractivity contribution in [3.8, 4) is 0 Å². The molecule has 1 aromatic carbocycles. The molecule has 1 aliphatic rings. The van der Waals surface area contributed by atoms with Gasteiger partial charge in [-0.05, 0) is 12.5 Å². The first-order valence-corrected chi connectivity index (χ1v) is 7.94. The van der Waals surface area contributed by atoms with Crippen LogP contribution in [0.4, 0.5) is 0 Å². The minimum atomic E-state index is 0.438. The van der Waals surface area contributed by atoms with Crippen LogP contribution in [0, 0.1) is 0 Å². The van der Waals surface area contributed by atoms with Crippen molar-refractivity contribution in [3.63, 3.8) is 0 Å². The molecule has 0 fully saturated rings. The maximum absolute atomic E-state index is 5.96. The van der Waals surface area contributed by atoms with E-state index in [1.54, 1.807) is 6.33 Å². The predicted molar refractivity (Wildman–Crippen MR) is 84.6 cm³/mol. The number of rotatable bonds is 4. The molecule has 5 heteroatoms. The highest BCUT2D eigenvalue weighted by molar-refractivity contribution is 5.82. The molecule has 2 aromatic heterocycles. The van der Waals surface area contributed by atoms with Crippen molar-refractivity contribution in [2.45, 2.75) is 45.3 Å². The monoisotopic (exact) mass is 296 g/mol. The highest BCUT2D eigenvalue weighted by Crippen LogP contribution is 2.26. The molecule has 0 unspecified atom stereocenters. The van der Waals surface area contributed by atoms with Crippen LogP contribution in [0.1, 0.15) is 30.5 Å². The molecule has 3 heterocycles.